The lowest BCUT2D eigenvalue weighted by Crippen LogP contribution is -2.05. The molecule has 1 aromatic heterocycles. The SMILES string of the molecule is Cc1cc(C(O)Cc2c(C)cccc2C)ccn1. The number of rotatable bonds is 3. The number of aliphatic hydroxyl groups excluding tert-OH is 1. The van der Waals surface area contributed by atoms with E-state index in [1.165, 1.54) is 16.7 Å². The molecule has 0 aliphatic rings. The molecule has 1 atom stereocenters. The molecule has 0 saturated carbocycles. The van der Waals surface area contributed by atoms with Gasteiger partial charge < -0.3 is 5.11 Å². The highest BCUT2D eigenvalue weighted by molar-refractivity contribution is 5.35. The van der Waals surface area contributed by atoms with Crippen LogP contribution in [0.15, 0.2) is 36.5 Å². The first kappa shape index (κ1) is 12.8. The van der Waals surface area contributed by atoms with Crippen molar-refractivity contribution in [3.8, 4) is 0 Å². The highest BCUT2D eigenvalue weighted by atomic mass is 16.3. The van der Waals surface area contributed by atoms with Crippen LogP contribution in [0.5, 0.6) is 0 Å². The summed E-state index contributed by atoms with van der Waals surface area (Å²) in [4.78, 5) is 4.15. The topological polar surface area (TPSA) is 33.1 Å². The third kappa shape index (κ3) is 2.77. The monoisotopic (exact) mass is 241 g/mol. The summed E-state index contributed by atoms with van der Waals surface area (Å²) in [7, 11) is 0. The van der Waals surface area contributed by atoms with Crippen molar-refractivity contribution >= 4 is 0 Å². The molecule has 0 aliphatic carbocycles. The number of aryl methyl sites for hydroxylation is 3. The molecule has 1 aromatic carbocycles. The van der Waals surface area contributed by atoms with Gasteiger partial charge in [0.25, 0.3) is 0 Å². The number of aliphatic hydroxyl groups is 1. The normalized spacial score (nSPS) is 12.4. The highest BCUT2D eigenvalue weighted by Gasteiger charge is 2.12. The minimum Gasteiger partial charge on any atom is -0.388 e. The molecule has 0 aliphatic heterocycles. The van der Waals surface area contributed by atoms with Crippen molar-refractivity contribution in [2.24, 2.45) is 0 Å². The van der Waals surface area contributed by atoms with Gasteiger partial charge in [0.1, 0.15) is 0 Å². The summed E-state index contributed by atoms with van der Waals surface area (Å²) in [6.45, 7) is 6.12. The van der Waals surface area contributed by atoms with E-state index in [9.17, 15) is 5.11 Å². The lowest BCUT2D eigenvalue weighted by atomic mass is 9.95. The Kier molecular flexibility index (Phi) is 3.78. The Morgan fingerprint density at radius 2 is 1.78 bits per heavy atom. The molecule has 2 heteroatoms. The van der Waals surface area contributed by atoms with Crippen molar-refractivity contribution < 1.29 is 5.11 Å². The standard InChI is InChI=1S/C16H19NO/c1-11-5-4-6-12(2)15(11)10-16(18)14-7-8-17-13(3)9-14/h4-9,16,18H,10H2,1-3H3. The Hall–Kier alpha value is -1.67. The second-order valence-corrected chi connectivity index (χ2v) is 4.82. The molecule has 1 heterocycles. The largest absolute Gasteiger partial charge is 0.388 e. The summed E-state index contributed by atoms with van der Waals surface area (Å²) in [6, 6.07) is 10.1. The highest BCUT2D eigenvalue weighted by Crippen LogP contribution is 2.22. The fourth-order valence-electron chi connectivity index (χ4n) is 2.26. The first-order chi connectivity index (χ1) is 8.58. The maximum absolute atomic E-state index is 10.3. The van der Waals surface area contributed by atoms with Gasteiger partial charge in [-0.15, -0.1) is 0 Å². The Morgan fingerprint density at radius 1 is 1.11 bits per heavy atom. The summed E-state index contributed by atoms with van der Waals surface area (Å²) < 4.78 is 0. The van der Waals surface area contributed by atoms with E-state index in [4.69, 9.17) is 0 Å². The molecule has 0 fully saturated rings. The molecule has 2 rings (SSSR count). The van der Waals surface area contributed by atoms with Crippen LogP contribution in [0, 0.1) is 20.8 Å². The van der Waals surface area contributed by atoms with Crippen LogP contribution in [0.3, 0.4) is 0 Å². The van der Waals surface area contributed by atoms with Crippen LogP contribution in [0.4, 0.5) is 0 Å². The van der Waals surface area contributed by atoms with Gasteiger partial charge in [0.2, 0.25) is 0 Å². The Balaban J connectivity index is 2.24. The van der Waals surface area contributed by atoms with Crippen LogP contribution < -0.4 is 0 Å². The number of benzene rings is 1. The van der Waals surface area contributed by atoms with Crippen LogP contribution in [-0.2, 0) is 6.42 Å². The number of pyridine rings is 1. The van der Waals surface area contributed by atoms with E-state index in [-0.39, 0.29) is 0 Å². The summed E-state index contributed by atoms with van der Waals surface area (Å²) in [5.74, 6) is 0. The van der Waals surface area contributed by atoms with Gasteiger partial charge in [-0.2, -0.15) is 0 Å². The molecule has 0 bridgehead atoms. The van der Waals surface area contributed by atoms with Gasteiger partial charge in [0.15, 0.2) is 0 Å². The third-order valence-corrected chi connectivity index (χ3v) is 3.35. The fourth-order valence-corrected chi connectivity index (χ4v) is 2.26. The quantitative estimate of drug-likeness (QED) is 0.894. The molecular weight excluding hydrogens is 222 g/mol. The molecule has 0 amide bonds. The van der Waals surface area contributed by atoms with E-state index in [1.807, 2.05) is 19.1 Å². The molecule has 2 aromatic rings. The van der Waals surface area contributed by atoms with Crippen LogP contribution in [-0.4, -0.2) is 10.1 Å². The smallest absolute Gasteiger partial charge is 0.0831 e. The average Bonchev–Trinajstić information content (AvgIpc) is 2.34. The summed E-state index contributed by atoms with van der Waals surface area (Å²) in [5, 5.41) is 10.3. The van der Waals surface area contributed by atoms with Crippen molar-refractivity contribution in [2.75, 3.05) is 0 Å². The number of hydrogen-bond acceptors (Lipinski definition) is 2. The van der Waals surface area contributed by atoms with Gasteiger partial charge >= 0.3 is 0 Å². The van der Waals surface area contributed by atoms with Gasteiger partial charge in [-0.1, -0.05) is 18.2 Å². The van der Waals surface area contributed by atoms with Crippen molar-refractivity contribution in [1.82, 2.24) is 4.98 Å². The zero-order valence-corrected chi connectivity index (χ0v) is 11.1. The van der Waals surface area contributed by atoms with Crippen LogP contribution in [0.1, 0.15) is 34.1 Å². The van der Waals surface area contributed by atoms with E-state index in [1.54, 1.807) is 6.20 Å². The first-order valence-electron chi connectivity index (χ1n) is 6.23. The second kappa shape index (κ2) is 5.32. The van der Waals surface area contributed by atoms with Gasteiger partial charge in [0, 0.05) is 18.3 Å². The molecule has 0 saturated heterocycles. The number of nitrogens with zero attached hydrogens (tertiary/aromatic N) is 1. The Labute approximate surface area is 108 Å². The summed E-state index contributed by atoms with van der Waals surface area (Å²) >= 11 is 0. The average molecular weight is 241 g/mol. The van der Waals surface area contributed by atoms with Crippen molar-refractivity contribution in [3.05, 3.63) is 64.5 Å². The molecule has 0 radical (unpaired) electrons. The zero-order valence-electron chi connectivity index (χ0n) is 11.1. The molecule has 18 heavy (non-hydrogen) atoms. The fraction of sp³-hybridized carbons (Fsp3) is 0.312. The third-order valence-electron chi connectivity index (χ3n) is 3.35. The van der Waals surface area contributed by atoms with E-state index < -0.39 is 6.10 Å². The predicted octanol–water partition coefficient (Wildman–Crippen LogP) is 3.28. The van der Waals surface area contributed by atoms with Crippen molar-refractivity contribution in [1.29, 1.82) is 0 Å². The number of hydrogen-bond donors (Lipinski definition) is 1. The summed E-state index contributed by atoms with van der Waals surface area (Å²) in [6.07, 6.45) is 1.94. The molecule has 94 valence electrons. The molecule has 1 unspecified atom stereocenters. The van der Waals surface area contributed by atoms with E-state index in [0.29, 0.717) is 6.42 Å². The number of aromatic nitrogens is 1. The lowest BCUT2D eigenvalue weighted by molar-refractivity contribution is 0.178. The zero-order chi connectivity index (χ0) is 13.1. The Bertz CT molecular complexity index is 528. The molecular formula is C16H19NO. The van der Waals surface area contributed by atoms with Gasteiger partial charge in [-0.05, 0) is 55.2 Å². The minimum absolute atomic E-state index is 0.466. The summed E-state index contributed by atoms with van der Waals surface area (Å²) in [5.41, 5.74) is 5.58. The van der Waals surface area contributed by atoms with Gasteiger partial charge in [0.05, 0.1) is 6.10 Å². The lowest BCUT2D eigenvalue weighted by Gasteiger charge is -2.15. The minimum atomic E-state index is -0.466. The van der Waals surface area contributed by atoms with Crippen molar-refractivity contribution in [2.45, 2.75) is 33.3 Å². The van der Waals surface area contributed by atoms with Crippen molar-refractivity contribution in [3.63, 3.8) is 0 Å². The van der Waals surface area contributed by atoms with E-state index in [0.717, 1.165) is 11.3 Å². The van der Waals surface area contributed by atoms with Crippen LogP contribution in [0.2, 0.25) is 0 Å². The predicted molar refractivity (Wildman–Crippen MR) is 73.6 cm³/mol. The molecule has 2 nitrogen and oxygen atoms in total. The molecule has 1 N–H and O–H groups in total. The first-order valence-corrected chi connectivity index (χ1v) is 6.23. The van der Waals surface area contributed by atoms with Gasteiger partial charge in [-0.3, -0.25) is 4.98 Å². The van der Waals surface area contributed by atoms with Gasteiger partial charge in [-0.25, -0.2) is 0 Å². The second-order valence-electron chi connectivity index (χ2n) is 4.82. The van der Waals surface area contributed by atoms with E-state index >= 15 is 0 Å². The van der Waals surface area contributed by atoms with Crippen LogP contribution in [0.25, 0.3) is 0 Å². The molecule has 0 spiro atoms. The van der Waals surface area contributed by atoms with Crippen LogP contribution >= 0.6 is 0 Å². The maximum atomic E-state index is 10.3. The Morgan fingerprint density at radius 3 is 2.39 bits per heavy atom. The van der Waals surface area contributed by atoms with E-state index in [2.05, 4.69) is 37.0 Å². The maximum Gasteiger partial charge on any atom is 0.0831 e.